The van der Waals surface area contributed by atoms with Gasteiger partial charge in [-0.05, 0) is 31.2 Å². The molecule has 0 aliphatic carbocycles. The van der Waals surface area contributed by atoms with Crippen molar-refractivity contribution in [2.75, 3.05) is 23.8 Å². The minimum absolute atomic E-state index is 0.0402. The molecule has 0 heterocycles. The van der Waals surface area contributed by atoms with Gasteiger partial charge in [0.15, 0.2) is 0 Å². The Hall–Kier alpha value is -1.51. The number of benzene rings is 1. The normalized spacial score (nSPS) is 9.64. The zero-order valence-electron chi connectivity index (χ0n) is 8.87. The van der Waals surface area contributed by atoms with Gasteiger partial charge in [-0.15, -0.1) is 0 Å². The van der Waals surface area contributed by atoms with Crippen molar-refractivity contribution in [3.05, 3.63) is 24.3 Å². The minimum Gasteiger partial charge on any atom is -0.375 e. The zero-order chi connectivity index (χ0) is 10.6. The van der Waals surface area contributed by atoms with Crippen molar-refractivity contribution >= 4 is 17.3 Å². The maximum Gasteiger partial charge on any atom is 0.221 e. The highest BCUT2D eigenvalue weighted by molar-refractivity contribution is 5.88. The van der Waals surface area contributed by atoms with Gasteiger partial charge in [0.05, 0.1) is 0 Å². The van der Waals surface area contributed by atoms with E-state index in [1.54, 1.807) is 0 Å². The molecule has 1 N–H and O–H groups in total. The number of nitrogens with one attached hydrogen (secondary N) is 1. The topological polar surface area (TPSA) is 32.3 Å². The predicted molar refractivity (Wildman–Crippen MR) is 59.7 cm³/mol. The molecule has 14 heavy (non-hydrogen) atoms. The van der Waals surface area contributed by atoms with Gasteiger partial charge in [0.2, 0.25) is 5.91 Å². The van der Waals surface area contributed by atoms with Crippen LogP contribution in [-0.2, 0) is 4.79 Å². The minimum atomic E-state index is -0.0402. The van der Waals surface area contributed by atoms with Gasteiger partial charge < -0.3 is 10.2 Å². The highest BCUT2D eigenvalue weighted by Crippen LogP contribution is 2.16. The van der Waals surface area contributed by atoms with Gasteiger partial charge >= 0.3 is 0 Å². The molecule has 0 saturated heterocycles. The molecule has 0 aliphatic heterocycles. The van der Waals surface area contributed by atoms with Crippen LogP contribution < -0.4 is 10.2 Å². The average Bonchev–Trinajstić information content (AvgIpc) is 2.17. The summed E-state index contributed by atoms with van der Waals surface area (Å²) in [6.45, 7) is 4.58. The van der Waals surface area contributed by atoms with Crippen LogP contribution in [-0.4, -0.2) is 19.5 Å². The van der Waals surface area contributed by atoms with Gasteiger partial charge in [0.1, 0.15) is 0 Å². The molecule has 0 saturated carbocycles. The summed E-state index contributed by atoms with van der Waals surface area (Å²) < 4.78 is 0. The molecule has 3 heteroatoms. The zero-order valence-corrected chi connectivity index (χ0v) is 8.87. The van der Waals surface area contributed by atoms with Crippen molar-refractivity contribution in [2.24, 2.45) is 0 Å². The molecule has 0 fully saturated rings. The first kappa shape index (κ1) is 10.6. The van der Waals surface area contributed by atoms with Crippen molar-refractivity contribution in [3.8, 4) is 0 Å². The fourth-order valence-corrected chi connectivity index (χ4v) is 1.19. The van der Waals surface area contributed by atoms with Crippen LogP contribution >= 0.6 is 0 Å². The maximum absolute atomic E-state index is 10.8. The first-order valence-electron chi connectivity index (χ1n) is 4.72. The van der Waals surface area contributed by atoms with Crippen LogP contribution in [0.4, 0.5) is 11.4 Å². The van der Waals surface area contributed by atoms with Crippen LogP contribution in [0.3, 0.4) is 0 Å². The van der Waals surface area contributed by atoms with Gasteiger partial charge in [-0.3, -0.25) is 4.79 Å². The van der Waals surface area contributed by atoms with Gasteiger partial charge in [-0.25, -0.2) is 0 Å². The molecule has 0 radical (unpaired) electrons. The number of rotatable bonds is 3. The van der Waals surface area contributed by atoms with Crippen molar-refractivity contribution in [3.63, 3.8) is 0 Å². The van der Waals surface area contributed by atoms with E-state index < -0.39 is 0 Å². The molecule has 1 aromatic carbocycles. The highest BCUT2D eigenvalue weighted by atomic mass is 16.1. The molecule has 0 aromatic heterocycles. The lowest BCUT2D eigenvalue weighted by molar-refractivity contribution is -0.114. The van der Waals surface area contributed by atoms with Crippen molar-refractivity contribution in [1.82, 2.24) is 0 Å². The Morgan fingerprint density at radius 3 is 2.36 bits per heavy atom. The Balaban J connectivity index is 2.73. The molecule has 0 atom stereocenters. The number of amides is 1. The van der Waals surface area contributed by atoms with Crippen molar-refractivity contribution in [2.45, 2.75) is 13.8 Å². The maximum atomic E-state index is 10.8. The van der Waals surface area contributed by atoms with E-state index in [0.717, 1.165) is 17.9 Å². The summed E-state index contributed by atoms with van der Waals surface area (Å²) in [7, 11) is 2.04. The molecule has 0 aliphatic rings. The average molecular weight is 192 g/mol. The summed E-state index contributed by atoms with van der Waals surface area (Å²) in [4.78, 5) is 12.9. The van der Waals surface area contributed by atoms with E-state index in [2.05, 4.69) is 17.1 Å². The summed E-state index contributed by atoms with van der Waals surface area (Å²) in [6.07, 6.45) is 0. The Morgan fingerprint density at radius 2 is 1.93 bits per heavy atom. The smallest absolute Gasteiger partial charge is 0.221 e. The molecular formula is C11H16N2O. The molecule has 1 rings (SSSR count). The van der Waals surface area contributed by atoms with E-state index in [-0.39, 0.29) is 5.91 Å². The molecule has 76 valence electrons. The fraction of sp³-hybridized carbons (Fsp3) is 0.364. The monoisotopic (exact) mass is 192 g/mol. The summed E-state index contributed by atoms with van der Waals surface area (Å²) in [5.74, 6) is -0.0402. The van der Waals surface area contributed by atoms with Crippen LogP contribution in [0.15, 0.2) is 24.3 Å². The first-order chi connectivity index (χ1) is 6.63. The molecular weight excluding hydrogens is 176 g/mol. The standard InChI is InChI=1S/C11H16N2O/c1-4-13(3)11-7-5-10(6-8-11)12-9(2)14/h5-8H,4H2,1-3H3,(H,12,14). The van der Waals surface area contributed by atoms with E-state index in [4.69, 9.17) is 0 Å². The van der Waals surface area contributed by atoms with Crippen LogP contribution in [0.1, 0.15) is 13.8 Å². The van der Waals surface area contributed by atoms with E-state index in [0.29, 0.717) is 0 Å². The fourth-order valence-electron chi connectivity index (χ4n) is 1.19. The van der Waals surface area contributed by atoms with Crippen molar-refractivity contribution < 1.29 is 4.79 Å². The summed E-state index contributed by atoms with van der Waals surface area (Å²) >= 11 is 0. The molecule has 3 nitrogen and oxygen atoms in total. The lowest BCUT2D eigenvalue weighted by Crippen LogP contribution is -2.15. The van der Waals surface area contributed by atoms with E-state index in [1.165, 1.54) is 6.92 Å². The van der Waals surface area contributed by atoms with Crippen LogP contribution in [0.5, 0.6) is 0 Å². The van der Waals surface area contributed by atoms with Crippen LogP contribution in [0.25, 0.3) is 0 Å². The third-order valence-electron chi connectivity index (χ3n) is 2.10. The number of carbonyl (C=O) groups is 1. The predicted octanol–water partition coefficient (Wildman–Crippen LogP) is 2.10. The van der Waals surface area contributed by atoms with Gasteiger partial charge in [0, 0.05) is 31.9 Å². The molecule has 1 amide bonds. The Labute approximate surface area is 84.7 Å². The second-order valence-corrected chi connectivity index (χ2v) is 3.24. The lowest BCUT2D eigenvalue weighted by atomic mass is 10.2. The largest absolute Gasteiger partial charge is 0.375 e. The van der Waals surface area contributed by atoms with E-state index >= 15 is 0 Å². The summed E-state index contributed by atoms with van der Waals surface area (Å²) in [6, 6.07) is 7.80. The second kappa shape index (κ2) is 4.65. The summed E-state index contributed by atoms with van der Waals surface area (Å²) in [5, 5.41) is 2.73. The number of carbonyl (C=O) groups excluding carboxylic acids is 1. The molecule has 0 unspecified atom stereocenters. The lowest BCUT2D eigenvalue weighted by Gasteiger charge is -2.16. The number of nitrogens with zero attached hydrogens (tertiary/aromatic N) is 1. The quantitative estimate of drug-likeness (QED) is 0.795. The Bertz CT molecular complexity index is 306. The molecule has 1 aromatic rings. The number of hydrogen-bond donors (Lipinski definition) is 1. The number of hydrogen-bond acceptors (Lipinski definition) is 2. The second-order valence-electron chi connectivity index (χ2n) is 3.24. The van der Waals surface area contributed by atoms with Gasteiger partial charge in [-0.2, -0.15) is 0 Å². The van der Waals surface area contributed by atoms with Crippen LogP contribution in [0, 0.1) is 0 Å². The van der Waals surface area contributed by atoms with E-state index in [1.807, 2.05) is 31.3 Å². The van der Waals surface area contributed by atoms with Gasteiger partial charge in [-0.1, -0.05) is 0 Å². The SMILES string of the molecule is CCN(C)c1ccc(NC(C)=O)cc1. The van der Waals surface area contributed by atoms with Crippen LogP contribution in [0.2, 0.25) is 0 Å². The van der Waals surface area contributed by atoms with E-state index in [9.17, 15) is 4.79 Å². The third kappa shape index (κ3) is 2.76. The number of anilines is 2. The van der Waals surface area contributed by atoms with Crippen molar-refractivity contribution in [1.29, 1.82) is 0 Å². The molecule has 0 bridgehead atoms. The Kier molecular flexibility index (Phi) is 3.51. The summed E-state index contributed by atoms with van der Waals surface area (Å²) in [5.41, 5.74) is 1.99. The first-order valence-corrected chi connectivity index (χ1v) is 4.72. The van der Waals surface area contributed by atoms with Gasteiger partial charge in [0.25, 0.3) is 0 Å². The molecule has 0 spiro atoms. The Morgan fingerprint density at radius 1 is 1.36 bits per heavy atom. The third-order valence-corrected chi connectivity index (χ3v) is 2.10. The highest BCUT2D eigenvalue weighted by Gasteiger charge is 1.98.